The summed E-state index contributed by atoms with van der Waals surface area (Å²) < 4.78 is 0. The molecule has 0 aromatic carbocycles. The number of nitrogens with one attached hydrogen (secondary N) is 3. The van der Waals surface area contributed by atoms with E-state index in [1.54, 1.807) is 6.20 Å². The third-order valence-electron chi connectivity index (χ3n) is 5.37. The average molecular weight is 500 g/mol. The van der Waals surface area contributed by atoms with Gasteiger partial charge in [0.15, 0.2) is 5.96 Å². The first-order valence-corrected chi connectivity index (χ1v) is 9.59. The van der Waals surface area contributed by atoms with Crippen molar-refractivity contribution in [2.24, 2.45) is 10.9 Å². The molecule has 154 valence electrons. The van der Waals surface area contributed by atoms with Crippen molar-refractivity contribution in [2.45, 2.75) is 38.6 Å². The molecule has 1 atom stereocenters. The number of carbonyl (C=O) groups excluding carboxylic acids is 2. The molecule has 0 aliphatic carbocycles. The van der Waals surface area contributed by atoms with E-state index in [4.69, 9.17) is 4.99 Å². The molecule has 2 aliphatic heterocycles. The zero-order valence-corrected chi connectivity index (χ0v) is 18.7. The molecule has 3 heterocycles. The van der Waals surface area contributed by atoms with Crippen LogP contribution in [0.1, 0.15) is 32.4 Å². The Hall–Kier alpha value is -1.91. The van der Waals surface area contributed by atoms with Gasteiger partial charge < -0.3 is 15.5 Å². The molecule has 3 N–H and O–H groups in total. The summed E-state index contributed by atoms with van der Waals surface area (Å²) in [5, 5.41) is 8.51. The summed E-state index contributed by atoms with van der Waals surface area (Å²) in [6, 6.07) is 5.51. The standard InChI is InChI=1S/C19H28N6O2.HI/c1-3-20-17(22-11-7-15-6-4-5-10-21-15)25-12-8-14(9-13-25)19(2)16(26)23-18(27)24-19;/h4-6,10,14H,3,7-9,11-13H2,1-2H3,(H,20,22)(H2,23,24,26,27);1H. The Morgan fingerprint density at radius 2 is 2.11 bits per heavy atom. The lowest BCUT2D eigenvalue weighted by atomic mass is 9.79. The monoisotopic (exact) mass is 500 g/mol. The summed E-state index contributed by atoms with van der Waals surface area (Å²) in [5.74, 6) is 0.801. The van der Waals surface area contributed by atoms with Crippen LogP contribution in [0.4, 0.5) is 4.79 Å². The first-order chi connectivity index (χ1) is 13.0. The molecule has 28 heavy (non-hydrogen) atoms. The minimum atomic E-state index is -0.808. The highest BCUT2D eigenvalue weighted by Gasteiger charge is 2.48. The number of urea groups is 1. The molecule has 1 aromatic rings. The molecule has 8 nitrogen and oxygen atoms in total. The van der Waals surface area contributed by atoms with Gasteiger partial charge in [-0.3, -0.25) is 20.1 Å². The van der Waals surface area contributed by atoms with Crippen molar-refractivity contribution in [2.75, 3.05) is 26.2 Å². The number of aliphatic imine (C=N–C) groups is 1. The minimum absolute atomic E-state index is 0. The van der Waals surface area contributed by atoms with Crippen molar-refractivity contribution in [3.63, 3.8) is 0 Å². The Kier molecular flexibility index (Phi) is 8.02. The maximum atomic E-state index is 12.1. The molecule has 3 amide bonds. The van der Waals surface area contributed by atoms with E-state index in [-0.39, 0.29) is 35.8 Å². The third-order valence-corrected chi connectivity index (χ3v) is 5.37. The summed E-state index contributed by atoms with van der Waals surface area (Å²) in [6.45, 7) is 6.96. The molecule has 3 rings (SSSR count). The Morgan fingerprint density at radius 1 is 1.36 bits per heavy atom. The lowest BCUT2D eigenvalue weighted by molar-refractivity contribution is -0.125. The lowest BCUT2D eigenvalue weighted by Gasteiger charge is -2.39. The summed E-state index contributed by atoms with van der Waals surface area (Å²) in [7, 11) is 0. The normalized spacial score (nSPS) is 23.1. The van der Waals surface area contributed by atoms with Crippen molar-refractivity contribution in [3.8, 4) is 0 Å². The van der Waals surface area contributed by atoms with Gasteiger partial charge in [-0.1, -0.05) is 6.07 Å². The molecule has 2 aliphatic rings. The number of guanidine groups is 1. The van der Waals surface area contributed by atoms with Gasteiger partial charge in [-0.15, -0.1) is 24.0 Å². The number of amides is 3. The van der Waals surface area contributed by atoms with Gasteiger partial charge >= 0.3 is 6.03 Å². The van der Waals surface area contributed by atoms with Crippen LogP contribution in [-0.4, -0.2) is 59.5 Å². The molecule has 1 aromatic heterocycles. The second kappa shape index (κ2) is 10.0. The number of hydrogen-bond donors (Lipinski definition) is 3. The van der Waals surface area contributed by atoms with E-state index >= 15 is 0 Å². The summed E-state index contributed by atoms with van der Waals surface area (Å²) in [6.07, 6.45) is 4.26. The van der Waals surface area contributed by atoms with Crippen LogP contribution < -0.4 is 16.0 Å². The zero-order chi connectivity index (χ0) is 19.3. The number of pyridine rings is 1. The van der Waals surface area contributed by atoms with E-state index in [1.165, 1.54) is 0 Å². The molecule has 2 saturated heterocycles. The fraction of sp³-hybridized carbons (Fsp3) is 0.579. The molecule has 0 saturated carbocycles. The van der Waals surface area contributed by atoms with E-state index in [0.717, 1.165) is 50.6 Å². The van der Waals surface area contributed by atoms with Gasteiger partial charge in [-0.25, -0.2) is 4.79 Å². The first kappa shape index (κ1) is 22.4. The van der Waals surface area contributed by atoms with Crippen LogP contribution >= 0.6 is 24.0 Å². The zero-order valence-electron chi connectivity index (χ0n) is 16.4. The van der Waals surface area contributed by atoms with Crippen LogP contribution in [0.25, 0.3) is 0 Å². The number of rotatable bonds is 5. The fourth-order valence-electron chi connectivity index (χ4n) is 3.76. The second-order valence-corrected chi connectivity index (χ2v) is 7.18. The molecule has 0 bridgehead atoms. The topological polar surface area (TPSA) is 98.7 Å². The van der Waals surface area contributed by atoms with Crippen LogP contribution in [-0.2, 0) is 11.2 Å². The van der Waals surface area contributed by atoms with Crippen molar-refractivity contribution >= 4 is 41.9 Å². The Morgan fingerprint density at radius 3 is 2.68 bits per heavy atom. The van der Waals surface area contributed by atoms with Gasteiger partial charge in [0.1, 0.15) is 5.54 Å². The van der Waals surface area contributed by atoms with Gasteiger partial charge in [-0.2, -0.15) is 0 Å². The van der Waals surface area contributed by atoms with Crippen LogP contribution in [0, 0.1) is 5.92 Å². The molecule has 1 unspecified atom stereocenters. The van der Waals surface area contributed by atoms with E-state index < -0.39 is 11.6 Å². The number of carbonyl (C=O) groups is 2. The van der Waals surface area contributed by atoms with E-state index in [1.807, 2.05) is 25.1 Å². The highest BCUT2D eigenvalue weighted by Crippen LogP contribution is 2.30. The number of halogens is 1. The number of hydrogen-bond acceptors (Lipinski definition) is 4. The predicted octanol–water partition coefficient (Wildman–Crippen LogP) is 1.52. The lowest BCUT2D eigenvalue weighted by Crippen LogP contribution is -2.55. The summed E-state index contributed by atoms with van der Waals surface area (Å²) in [4.78, 5) is 35.0. The Balaban J connectivity index is 0.00000280. The van der Waals surface area contributed by atoms with Crippen molar-refractivity contribution in [1.29, 1.82) is 0 Å². The van der Waals surface area contributed by atoms with Crippen LogP contribution in [0.15, 0.2) is 29.4 Å². The second-order valence-electron chi connectivity index (χ2n) is 7.18. The van der Waals surface area contributed by atoms with Crippen molar-refractivity contribution < 1.29 is 9.59 Å². The van der Waals surface area contributed by atoms with Gasteiger partial charge in [-0.05, 0) is 44.7 Å². The Labute approximate surface area is 183 Å². The maximum absolute atomic E-state index is 12.1. The van der Waals surface area contributed by atoms with E-state index in [9.17, 15) is 9.59 Å². The van der Waals surface area contributed by atoms with Crippen LogP contribution in [0.2, 0.25) is 0 Å². The average Bonchev–Trinajstić information content (AvgIpc) is 2.95. The maximum Gasteiger partial charge on any atom is 0.322 e. The summed E-state index contributed by atoms with van der Waals surface area (Å²) >= 11 is 0. The molecular weight excluding hydrogens is 471 g/mol. The van der Waals surface area contributed by atoms with E-state index in [0.29, 0.717) is 6.54 Å². The first-order valence-electron chi connectivity index (χ1n) is 9.59. The number of aromatic nitrogens is 1. The minimum Gasteiger partial charge on any atom is -0.357 e. The molecule has 0 radical (unpaired) electrons. The summed E-state index contributed by atoms with van der Waals surface area (Å²) in [5.41, 5.74) is 0.226. The largest absolute Gasteiger partial charge is 0.357 e. The van der Waals surface area contributed by atoms with Gasteiger partial charge in [0.2, 0.25) is 0 Å². The van der Waals surface area contributed by atoms with Crippen molar-refractivity contribution in [3.05, 3.63) is 30.1 Å². The smallest absolute Gasteiger partial charge is 0.322 e. The molecular formula is C19H29IN6O2. The highest BCUT2D eigenvalue weighted by atomic mass is 127. The number of piperidine rings is 1. The van der Waals surface area contributed by atoms with Gasteiger partial charge in [0, 0.05) is 44.5 Å². The Bertz CT molecular complexity index is 706. The SMILES string of the molecule is CCNC(=NCCc1ccccn1)N1CCC(C2(C)NC(=O)NC2=O)CC1.I. The highest BCUT2D eigenvalue weighted by molar-refractivity contribution is 14.0. The van der Waals surface area contributed by atoms with E-state index in [2.05, 4.69) is 32.8 Å². The predicted molar refractivity (Wildman–Crippen MR) is 119 cm³/mol. The molecule has 9 heteroatoms. The number of likely N-dealkylation sites (tertiary alicyclic amines) is 1. The van der Waals surface area contributed by atoms with Crippen LogP contribution in [0.5, 0.6) is 0 Å². The third kappa shape index (κ3) is 5.12. The quantitative estimate of drug-likeness (QED) is 0.247. The molecule has 0 spiro atoms. The molecule has 2 fully saturated rings. The van der Waals surface area contributed by atoms with Crippen molar-refractivity contribution in [1.82, 2.24) is 25.8 Å². The van der Waals surface area contributed by atoms with Gasteiger partial charge in [0.25, 0.3) is 5.91 Å². The number of nitrogens with zero attached hydrogens (tertiary/aromatic N) is 3. The number of imide groups is 1. The fourth-order valence-corrected chi connectivity index (χ4v) is 3.76. The van der Waals surface area contributed by atoms with Gasteiger partial charge in [0.05, 0.1) is 0 Å². The van der Waals surface area contributed by atoms with Crippen LogP contribution in [0.3, 0.4) is 0 Å².